The summed E-state index contributed by atoms with van der Waals surface area (Å²) in [4.78, 5) is 12.3. The van der Waals surface area contributed by atoms with E-state index in [1.165, 1.54) is 0 Å². The monoisotopic (exact) mass is 267 g/mol. The molecule has 20 heavy (non-hydrogen) atoms. The first-order valence-electron chi connectivity index (χ1n) is 6.55. The van der Waals surface area contributed by atoms with E-state index in [0.29, 0.717) is 6.42 Å². The molecule has 1 unspecified atom stereocenters. The van der Waals surface area contributed by atoms with Crippen LogP contribution in [0.5, 0.6) is 0 Å². The molecule has 0 radical (unpaired) electrons. The van der Waals surface area contributed by atoms with Gasteiger partial charge in [-0.15, -0.1) is 0 Å². The number of para-hydroxylation sites is 1. The van der Waals surface area contributed by atoms with E-state index >= 15 is 0 Å². The van der Waals surface area contributed by atoms with Gasteiger partial charge in [-0.25, -0.2) is 0 Å². The Labute approximate surface area is 115 Å². The predicted octanol–water partition coefficient (Wildman–Crippen LogP) is 3.32. The summed E-state index contributed by atoms with van der Waals surface area (Å²) in [6, 6.07) is 7.73. The lowest BCUT2D eigenvalue weighted by Crippen LogP contribution is -2.30. The lowest BCUT2D eigenvalue weighted by molar-refractivity contribution is -0.118. The fourth-order valence-corrected chi connectivity index (χ4v) is 2.88. The van der Waals surface area contributed by atoms with Crippen molar-refractivity contribution in [1.82, 2.24) is 0 Å². The summed E-state index contributed by atoms with van der Waals surface area (Å²) in [5.74, 6) is 1.34. The maximum absolute atomic E-state index is 12.3. The molecule has 0 saturated heterocycles. The van der Waals surface area contributed by atoms with Crippen LogP contribution in [0.25, 0.3) is 16.5 Å². The Balaban J connectivity index is 1.96. The summed E-state index contributed by atoms with van der Waals surface area (Å²) < 4.78 is 11.2. The van der Waals surface area contributed by atoms with Crippen LogP contribution in [0, 0.1) is 5.92 Å². The highest BCUT2D eigenvalue weighted by Gasteiger charge is 2.36. The van der Waals surface area contributed by atoms with Gasteiger partial charge in [0.1, 0.15) is 5.58 Å². The number of hydrogen-bond donors (Lipinski definition) is 1. The maximum atomic E-state index is 12.3. The number of furan rings is 1. The molecule has 4 nitrogen and oxygen atoms in total. The summed E-state index contributed by atoms with van der Waals surface area (Å²) in [7, 11) is 1.62. The number of benzene rings is 1. The number of nitrogens with one attached hydrogen (secondary N) is 1. The molecule has 1 amide bonds. The average Bonchev–Trinajstić information content (AvgIpc) is 2.86. The number of allylic oxidation sites excluding steroid dienone is 3. The van der Waals surface area contributed by atoms with E-state index in [0.717, 1.165) is 33.7 Å². The highest BCUT2D eigenvalue weighted by Crippen LogP contribution is 2.45. The van der Waals surface area contributed by atoms with Gasteiger partial charge in [-0.1, -0.05) is 18.2 Å². The minimum absolute atomic E-state index is 0.00190. The van der Waals surface area contributed by atoms with Crippen LogP contribution < -0.4 is 5.32 Å². The van der Waals surface area contributed by atoms with Crippen molar-refractivity contribution in [2.75, 3.05) is 12.4 Å². The third kappa shape index (κ3) is 1.45. The van der Waals surface area contributed by atoms with Gasteiger partial charge >= 0.3 is 0 Å². The number of ether oxygens (including phenoxy) is 1. The van der Waals surface area contributed by atoms with Gasteiger partial charge < -0.3 is 14.5 Å². The second-order valence-electron chi connectivity index (χ2n) is 5.01. The van der Waals surface area contributed by atoms with E-state index in [1.807, 2.05) is 36.4 Å². The SMILES string of the molecule is COC1=CC=C2c3oc4ccccc4c3NC(=O)C2C1. The summed E-state index contributed by atoms with van der Waals surface area (Å²) in [6.45, 7) is 0. The van der Waals surface area contributed by atoms with Gasteiger partial charge in [0.15, 0.2) is 5.76 Å². The molecular weight excluding hydrogens is 254 g/mol. The van der Waals surface area contributed by atoms with Crippen LogP contribution in [0.2, 0.25) is 0 Å². The Hall–Kier alpha value is -2.49. The van der Waals surface area contributed by atoms with Crippen molar-refractivity contribution < 1.29 is 13.9 Å². The van der Waals surface area contributed by atoms with Crippen molar-refractivity contribution in [2.45, 2.75) is 6.42 Å². The van der Waals surface area contributed by atoms with E-state index in [2.05, 4.69) is 5.32 Å². The van der Waals surface area contributed by atoms with E-state index in [9.17, 15) is 4.79 Å². The van der Waals surface area contributed by atoms with Crippen LogP contribution in [0.4, 0.5) is 5.69 Å². The fourth-order valence-electron chi connectivity index (χ4n) is 2.88. The van der Waals surface area contributed by atoms with Crippen molar-refractivity contribution >= 4 is 28.1 Å². The smallest absolute Gasteiger partial charge is 0.232 e. The van der Waals surface area contributed by atoms with Crippen molar-refractivity contribution in [2.24, 2.45) is 5.92 Å². The lowest BCUT2D eigenvalue weighted by atomic mass is 9.85. The maximum Gasteiger partial charge on any atom is 0.232 e. The highest BCUT2D eigenvalue weighted by molar-refractivity contribution is 6.13. The highest BCUT2D eigenvalue weighted by atomic mass is 16.5. The molecule has 4 heteroatoms. The van der Waals surface area contributed by atoms with Crippen molar-refractivity contribution in [3.8, 4) is 0 Å². The normalized spacial score (nSPS) is 20.6. The Bertz CT molecular complexity index is 782. The van der Waals surface area contributed by atoms with Gasteiger partial charge in [-0.3, -0.25) is 4.79 Å². The quantitative estimate of drug-likeness (QED) is 0.862. The first-order chi connectivity index (χ1) is 9.78. The van der Waals surface area contributed by atoms with Crippen molar-refractivity contribution in [3.63, 3.8) is 0 Å². The predicted molar refractivity (Wildman–Crippen MR) is 76.0 cm³/mol. The van der Waals surface area contributed by atoms with Crippen molar-refractivity contribution in [3.05, 3.63) is 47.9 Å². The zero-order valence-corrected chi connectivity index (χ0v) is 11.0. The molecule has 4 rings (SSSR count). The molecule has 1 aliphatic carbocycles. The molecule has 2 heterocycles. The van der Waals surface area contributed by atoms with Gasteiger partial charge in [0, 0.05) is 17.4 Å². The third-order valence-electron chi connectivity index (χ3n) is 3.91. The van der Waals surface area contributed by atoms with E-state index in [1.54, 1.807) is 7.11 Å². The second-order valence-corrected chi connectivity index (χ2v) is 5.01. The number of hydrogen-bond acceptors (Lipinski definition) is 3. The van der Waals surface area contributed by atoms with Gasteiger partial charge in [0.2, 0.25) is 5.91 Å². The first-order valence-corrected chi connectivity index (χ1v) is 6.55. The molecule has 100 valence electrons. The molecule has 2 aromatic rings. The molecule has 2 aliphatic rings. The van der Waals surface area contributed by atoms with Crippen LogP contribution in [0.15, 0.2) is 46.6 Å². The van der Waals surface area contributed by atoms with Crippen LogP contribution >= 0.6 is 0 Å². The Morgan fingerprint density at radius 3 is 3.00 bits per heavy atom. The van der Waals surface area contributed by atoms with E-state index in [4.69, 9.17) is 9.15 Å². The summed E-state index contributed by atoms with van der Waals surface area (Å²) in [5.41, 5.74) is 2.50. The number of amides is 1. The minimum Gasteiger partial charge on any atom is -0.501 e. The van der Waals surface area contributed by atoms with Crippen LogP contribution in [0.1, 0.15) is 12.2 Å². The lowest BCUT2D eigenvalue weighted by Gasteiger charge is -2.27. The third-order valence-corrected chi connectivity index (χ3v) is 3.91. The molecule has 1 atom stereocenters. The molecular formula is C16H13NO3. The zero-order chi connectivity index (χ0) is 13.7. The first kappa shape index (κ1) is 11.3. The second kappa shape index (κ2) is 4.00. The zero-order valence-electron chi connectivity index (χ0n) is 11.0. The molecule has 0 spiro atoms. The average molecular weight is 267 g/mol. The molecule has 0 bridgehead atoms. The Kier molecular flexibility index (Phi) is 2.27. The van der Waals surface area contributed by atoms with Gasteiger partial charge in [-0.05, 0) is 18.2 Å². The fraction of sp³-hybridized carbons (Fsp3) is 0.188. The topological polar surface area (TPSA) is 51.5 Å². The number of methoxy groups -OCH3 is 1. The number of anilines is 1. The number of carbonyl (C=O) groups is 1. The van der Waals surface area contributed by atoms with Crippen molar-refractivity contribution in [1.29, 1.82) is 0 Å². The Morgan fingerprint density at radius 1 is 1.30 bits per heavy atom. The van der Waals surface area contributed by atoms with Crippen LogP contribution in [-0.2, 0) is 9.53 Å². The Morgan fingerprint density at radius 2 is 2.15 bits per heavy atom. The molecule has 0 fully saturated rings. The van der Waals surface area contributed by atoms with Crippen LogP contribution in [-0.4, -0.2) is 13.0 Å². The van der Waals surface area contributed by atoms with Gasteiger partial charge in [0.25, 0.3) is 0 Å². The van der Waals surface area contributed by atoms with E-state index < -0.39 is 0 Å². The van der Waals surface area contributed by atoms with Gasteiger partial charge in [-0.2, -0.15) is 0 Å². The molecule has 0 saturated carbocycles. The number of rotatable bonds is 1. The minimum atomic E-state index is -0.233. The van der Waals surface area contributed by atoms with Gasteiger partial charge in [0.05, 0.1) is 24.5 Å². The summed E-state index contributed by atoms with van der Waals surface area (Å²) >= 11 is 0. The number of carbonyl (C=O) groups excluding carboxylic acids is 1. The molecule has 1 aliphatic heterocycles. The van der Waals surface area contributed by atoms with E-state index in [-0.39, 0.29) is 11.8 Å². The summed E-state index contributed by atoms with van der Waals surface area (Å²) in [5, 5.41) is 3.91. The standard InChI is InChI=1S/C16H13NO3/c1-19-9-6-7-10-12(8-9)16(18)17-14-11-4-2-3-5-13(11)20-15(10)14/h2-7,12H,8H2,1H3,(H,17,18). The largest absolute Gasteiger partial charge is 0.501 e. The molecule has 1 aromatic carbocycles. The molecule has 1 N–H and O–H groups in total. The molecule has 1 aromatic heterocycles. The summed E-state index contributed by atoms with van der Waals surface area (Å²) in [6.07, 6.45) is 4.40. The van der Waals surface area contributed by atoms with Crippen LogP contribution in [0.3, 0.4) is 0 Å². The number of fused-ring (bicyclic) bond motifs is 5.